The number of hydrogen-bond acceptors (Lipinski definition) is 3. The van der Waals surface area contributed by atoms with Gasteiger partial charge < -0.3 is 15.4 Å². The summed E-state index contributed by atoms with van der Waals surface area (Å²) in [6, 6.07) is 13.5. The van der Waals surface area contributed by atoms with E-state index in [9.17, 15) is 9.59 Å². The molecule has 27 heavy (non-hydrogen) atoms. The molecule has 2 aromatic rings. The average molecular weight is 407 g/mol. The van der Waals surface area contributed by atoms with E-state index < -0.39 is 5.54 Å². The number of nitrogens with one attached hydrogen (secondary N) is 2. The van der Waals surface area contributed by atoms with E-state index in [1.807, 2.05) is 0 Å². The number of ether oxygens (including phenoxy) is 1. The second-order valence-electron chi connectivity index (χ2n) is 6.55. The topological polar surface area (TPSA) is 67.4 Å². The molecule has 142 valence electrons. The molecule has 2 amide bonds. The van der Waals surface area contributed by atoms with Crippen molar-refractivity contribution in [3.63, 3.8) is 0 Å². The molecule has 5 nitrogen and oxygen atoms in total. The quantitative estimate of drug-likeness (QED) is 0.794. The lowest BCUT2D eigenvalue weighted by atomic mass is 9.89. The van der Waals surface area contributed by atoms with Gasteiger partial charge in [-0.3, -0.25) is 9.59 Å². The van der Waals surface area contributed by atoms with E-state index in [4.69, 9.17) is 27.9 Å². The standard InChI is InChI=1S/C20H20Cl2N2O3/c21-16-5-1-3-14(11-16)18(25)23-13-20(7-9-27-10-8-20)24-19(26)15-4-2-6-17(22)12-15/h1-6,11-12H,7-10,13H2,(H,23,25)(H,24,26). The smallest absolute Gasteiger partial charge is 0.251 e. The number of benzene rings is 2. The fourth-order valence-electron chi connectivity index (χ4n) is 3.03. The Morgan fingerprint density at radius 3 is 2.04 bits per heavy atom. The van der Waals surface area contributed by atoms with Gasteiger partial charge in [0.25, 0.3) is 11.8 Å². The SMILES string of the molecule is O=C(NCC1(NC(=O)c2cccc(Cl)c2)CCOCC1)c1cccc(Cl)c1. The summed E-state index contributed by atoms with van der Waals surface area (Å²) in [6.45, 7) is 1.33. The van der Waals surface area contributed by atoms with Crippen molar-refractivity contribution in [2.75, 3.05) is 19.8 Å². The van der Waals surface area contributed by atoms with E-state index in [0.29, 0.717) is 53.8 Å². The Kier molecular flexibility index (Phi) is 6.37. The lowest BCUT2D eigenvalue weighted by Crippen LogP contribution is -2.58. The van der Waals surface area contributed by atoms with Crippen molar-refractivity contribution in [3.05, 3.63) is 69.7 Å². The van der Waals surface area contributed by atoms with Crippen LogP contribution in [0.1, 0.15) is 33.6 Å². The molecule has 0 unspecified atom stereocenters. The molecule has 1 fully saturated rings. The van der Waals surface area contributed by atoms with Crippen LogP contribution < -0.4 is 10.6 Å². The fourth-order valence-corrected chi connectivity index (χ4v) is 3.41. The summed E-state index contributed by atoms with van der Waals surface area (Å²) in [5.74, 6) is -0.461. The summed E-state index contributed by atoms with van der Waals surface area (Å²) in [5.41, 5.74) is 0.381. The Labute approximate surface area is 168 Å². The zero-order valence-electron chi connectivity index (χ0n) is 14.6. The number of amides is 2. The van der Waals surface area contributed by atoms with Crippen LogP contribution in [0.2, 0.25) is 10.0 Å². The van der Waals surface area contributed by atoms with Crippen LogP contribution in [0, 0.1) is 0 Å². The Morgan fingerprint density at radius 2 is 1.48 bits per heavy atom. The molecule has 0 spiro atoms. The van der Waals surface area contributed by atoms with E-state index in [1.165, 1.54) is 0 Å². The fraction of sp³-hybridized carbons (Fsp3) is 0.300. The van der Waals surface area contributed by atoms with Crippen molar-refractivity contribution in [3.8, 4) is 0 Å². The Morgan fingerprint density at radius 1 is 0.926 bits per heavy atom. The minimum atomic E-state index is -0.577. The van der Waals surface area contributed by atoms with Crippen molar-refractivity contribution in [2.45, 2.75) is 18.4 Å². The summed E-state index contributed by atoms with van der Waals surface area (Å²) < 4.78 is 5.44. The lowest BCUT2D eigenvalue weighted by molar-refractivity contribution is 0.0352. The van der Waals surface area contributed by atoms with Gasteiger partial charge in [0.15, 0.2) is 0 Å². The van der Waals surface area contributed by atoms with Crippen LogP contribution in [-0.2, 0) is 4.74 Å². The molecule has 7 heteroatoms. The highest BCUT2D eigenvalue weighted by Gasteiger charge is 2.35. The molecule has 0 atom stereocenters. The van der Waals surface area contributed by atoms with E-state index in [0.717, 1.165) is 0 Å². The molecule has 2 N–H and O–H groups in total. The average Bonchev–Trinajstić information content (AvgIpc) is 2.67. The zero-order chi connectivity index (χ0) is 19.3. The molecular weight excluding hydrogens is 387 g/mol. The molecule has 1 aliphatic heterocycles. The summed E-state index contributed by atoms with van der Waals surface area (Å²) in [7, 11) is 0. The second kappa shape index (κ2) is 8.74. The van der Waals surface area contributed by atoms with E-state index in [1.54, 1.807) is 48.5 Å². The van der Waals surface area contributed by atoms with Crippen molar-refractivity contribution >= 4 is 35.0 Å². The van der Waals surface area contributed by atoms with Gasteiger partial charge in [0.1, 0.15) is 0 Å². The molecule has 1 saturated heterocycles. The van der Waals surface area contributed by atoms with E-state index >= 15 is 0 Å². The third-order valence-electron chi connectivity index (χ3n) is 4.59. The first kappa shape index (κ1) is 19.7. The molecule has 0 bridgehead atoms. The van der Waals surface area contributed by atoms with Crippen molar-refractivity contribution in [1.29, 1.82) is 0 Å². The van der Waals surface area contributed by atoms with E-state index in [2.05, 4.69) is 10.6 Å². The van der Waals surface area contributed by atoms with Crippen molar-refractivity contribution < 1.29 is 14.3 Å². The van der Waals surface area contributed by atoms with Crippen LogP contribution in [0.5, 0.6) is 0 Å². The second-order valence-corrected chi connectivity index (χ2v) is 7.42. The van der Waals surface area contributed by atoms with Crippen LogP contribution in [0.25, 0.3) is 0 Å². The van der Waals surface area contributed by atoms with Gasteiger partial charge in [-0.2, -0.15) is 0 Å². The predicted octanol–water partition coefficient (Wildman–Crippen LogP) is 3.70. The number of rotatable bonds is 5. The Balaban J connectivity index is 1.71. The van der Waals surface area contributed by atoms with Gasteiger partial charge in [-0.25, -0.2) is 0 Å². The number of halogens is 2. The molecule has 0 aliphatic carbocycles. The monoisotopic (exact) mass is 406 g/mol. The molecule has 0 aromatic heterocycles. The number of hydrogen-bond donors (Lipinski definition) is 2. The van der Waals surface area contributed by atoms with Crippen LogP contribution in [0.3, 0.4) is 0 Å². The third kappa shape index (κ3) is 5.22. The normalized spacial score (nSPS) is 15.8. The highest BCUT2D eigenvalue weighted by molar-refractivity contribution is 6.31. The van der Waals surface area contributed by atoms with Crippen molar-refractivity contribution in [1.82, 2.24) is 10.6 Å². The molecule has 1 heterocycles. The highest BCUT2D eigenvalue weighted by Crippen LogP contribution is 2.22. The van der Waals surface area contributed by atoms with Gasteiger partial charge in [-0.1, -0.05) is 35.3 Å². The third-order valence-corrected chi connectivity index (χ3v) is 5.06. The Hall–Kier alpha value is -2.08. The van der Waals surface area contributed by atoms with Gasteiger partial charge in [-0.05, 0) is 49.2 Å². The van der Waals surface area contributed by atoms with Gasteiger partial charge in [0.05, 0.1) is 5.54 Å². The van der Waals surface area contributed by atoms with Crippen LogP contribution >= 0.6 is 23.2 Å². The van der Waals surface area contributed by atoms with Crippen LogP contribution in [0.15, 0.2) is 48.5 Å². The molecule has 3 rings (SSSR count). The summed E-state index contributed by atoms with van der Waals surface area (Å²) in [5, 5.41) is 6.98. The Bertz CT molecular complexity index is 835. The van der Waals surface area contributed by atoms with Gasteiger partial charge in [0, 0.05) is 40.9 Å². The highest BCUT2D eigenvalue weighted by atomic mass is 35.5. The van der Waals surface area contributed by atoms with Gasteiger partial charge in [0.2, 0.25) is 0 Å². The summed E-state index contributed by atoms with van der Waals surface area (Å²) in [6.07, 6.45) is 1.21. The number of carbonyl (C=O) groups excluding carboxylic acids is 2. The first-order valence-corrected chi connectivity index (χ1v) is 9.43. The lowest BCUT2D eigenvalue weighted by Gasteiger charge is -2.38. The summed E-state index contributed by atoms with van der Waals surface area (Å²) >= 11 is 11.9. The van der Waals surface area contributed by atoms with E-state index in [-0.39, 0.29) is 11.8 Å². The minimum Gasteiger partial charge on any atom is -0.381 e. The molecule has 2 aromatic carbocycles. The first-order chi connectivity index (χ1) is 13.0. The van der Waals surface area contributed by atoms with Crippen molar-refractivity contribution in [2.24, 2.45) is 0 Å². The molecule has 0 saturated carbocycles. The molecule has 1 aliphatic rings. The maximum atomic E-state index is 12.7. The maximum Gasteiger partial charge on any atom is 0.251 e. The number of carbonyl (C=O) groups is 2. The largest absolute Gasteiger partial charge is 0.381 e. The van der Waals surface area contributed by atoms with Gasteiger partial charge >= 0.3 is 0 Å². The zero-order valence-corrected chi connectivity index (χ0v) is 16.1. The molecular formula is C20H20Cl2N2O3. The minimum absolute atomic E-state index is 0.226. The maximum absolute atomic E-state index is 12.7. The predicted molar refractivity (Wildman–Crippen MR) is 105 cm³/mol. The van der Waals surface area contributed by atoms with Crippen LogP contribution in [0.4, 0.5) is 0 Å². The summed E-state index contributed by atoms with van der Waals surface area (Å²) in [4.78, 5) is 25.1. The first-order valence-electron chi connectivity index (χ1n) is 8.67. The van der Waals surface area contributed by atoms with Crippen LogP contribution in [-0.4, -0.2) is 37.1 Å². The molecule has 0 radical (unpaired) electrons. The van der Waals surface area contributed by atoms with Gasteiger partial charge in [-0.15, -0.1) is 0 Å².